The largest absolute Gasteiger partial charge is 0.494 e. The number of nitrogens with zero attached hydrogens (tertiary/aromatic N) is 2. The first-order valence-corrected chi connectivity index (χ1v) is 9.40. The van der Waals surface area contributed by atoms with Crippen molar-refractivity contribution in [2.24, 2.45) is 5.92 Å². The minimum Gasteiger partial charge on any atom is -0.494 e. The van der Waals surface area contributed by atoms with Crippen molar-refractivity contribution in [2.45, 2.75) is 46.2 Å². The van der Waals surface area contributed by atoms with E-state index in [4.69, 9.17) is 4.74 Å². The van der Waals surface area contributed by atoms with Crippen LogP contribution in [0.25, 0.3) is 0 Å². The van der Waals surface area contributed by atoms with Crippen molar-refractivity contribution in [1.29, 1.82) is 0 Å². The molecule has 0 spiro atoms. The topological polar surface area (TPSA) is 53.0 Å². The van der Waals surface area contributed by atoms with Crippen molar-refractivity contribution in [3.05, 3.63) is 29.8 Å². The van der Waals surface area contributed by atoms with E-state index in [-0.39, 0.29) is 0 Å². The molecule has 0 bridgehead atoms. The van der Waals surface area contributed by atoms with E-state index in [1.54, 1.807) is 0 Å². The Balaban J connectivity index is 2.23. The van der Waals surface area contributed by atoms with Crippen molar-refractivity contribution >= 4 is 5.97 Å². The Labute approximate surface area is 151 Å². The molecule has 0 saturated carbocycles. The van der Waals surface area contributed by atoms with Gasteiger partial charge in [-0.3, -0.25) is 14.6 Å². The van der Waals surface area contributed by atoms with Crippen LogP contribution in [0.4, 0.5) is 0 Å². The number of rotatable bonds is 8. The van der Waals surface area contributed by atoms with Gasteiger partial charge in [0.25, 0.3) is 0 Å². The van der Waals surface area contributed by atoms with Crippen LogP contribution >= 0.6 is 0 Å². The summed E-state index contributed by atoms with van der Waals surface area (Å²) < 4.78 is 5.69. The van der Waals surface area contributed by atoms with Crippen LogP contribution in [0, 0.1) is 5.92 Å². The van der Waals surface area contributed by atoms with E-state index in [9.17, 15) is 9.90 Å². The van der Waals surface area contributed by atoms with Crippen LogP contribution < -0.4 is 4.74 Å². The van der Waals surface area contributed by atoms with Gasteiger partial charge in [-0.25, -0.2) is 0 Å². The Morgan fingerprint density at radius 2 is 2.00 bits per heavy atom. The fraction of sp³-hybridized carbons (Fsp3) is 0.650. The van der Waals surface area contributed by atoms with E-state index >= 15 is 0 Å². The molecule has 1 heterocycles. The monoisotopic (exact) mass is 348 g/mol. The predicted octanol–water partition coefficient (Wildman–Crippen LogP) is 3.26. The first-order valence-electron chi connectivity index (χ1n) is 9.40. The van der Waals surface area contributed by atoms with E-state index < -0.39 is 12.0 Å². The van der Waals surface area contributed by atoms with Crippen molar-refractivity contribution in [3.8, 4) is 5.75 Å². The normalized spacial score (nSPS) is 20.6. The first-order chi connectivity index (χ1) is 12.0. The second-order valence-corrected chi connectivity index (χ2v) is 7.16. The molecular formula is C20H32N2O3. The van der Waals surface area contributed by atoms with Crippen molar-refractivity contribution in [2.75, 3.05) is 32.8 Å². The highest BCUT2D eigenvalue weighted by molar-refractivity contribution is 5.76. The van der Waals surface area contributed by atoms with E-state index in [1.807, 2.05) is 31.2 Å². The minimum absolute atomic E-state index is 0.400. The highest BCUT2D eigenvalue weighted by atomic mass is 16.5. The highest BCUT2D eigenvalue weighted by Gasteiger charge is 2.35. The number of carbonyl (C=O) groups is 1. The zero-order chi connectivity index (χ0) is 18.4. The van der Waals surface area contributed by atoms with Crippen LogP contribution in [-0.4, -0.2) is 59.7 Å². The van der Waals surface area contributed by atoms with Gasteiger partial charge in [0.15, 0.2) is 0 Å². The van der Waals surface area contributed by atoms with E-state index in [1.165, 1.54) is 0 Å². The number of ether oxygens (including phenoxy) is 1. The smallest absolute Gasteiger partial charge is 0.325 e. The molecule has 0 amide bonds. The number of hydrogen-bond donors (Lipinski definition) is 1. The average molecular weight is 348 g/mol. The van der Waals surface area contributed by atoms with Gasteiger partial charge in [0.05, 0.1) is 6.61 Å². The molecule has 140 valence electrons. The molecule has 2 unspecified atom stereocenters. The van der Waals surface area contributed by atoms with Crippen LogP contribution in [0.15, 0.2) is 24.3 Å². The number of carboxylic acids is 1. The summed E-state index contributed by atoms with van der Waals surface area (Å²) in [5, 5.41) is 9.93. The summed E-state index contributed by atoms with van der Waals surface area (Å²) in [6, 6.07) is 7.27. The molecule has 1 fully saturated rings. The molecule has 1 N–H and O–H groups in total. The molecule has 0 radical (unpaired) electrons. The van der Waals surface area contributed by atoms with E-state index in [0.29, 0.717) is 24.3 Å². The highest BCUT2D eigenvalue weighted by Crippen LogP contribution is 2.32. The molecule has 5 nitrogen and oxygen atoms in total. The van der Waals surface area contributed by atoms with Gasteiger partial charge in [0.1, 0.15) is 11.8 Å². The number of aliphatic carboxylic acids is 1. The zero-order valence-corrected chi connectivity index (χ0v) is 15.9. The molecular weight excluding hydrogens is 316 g/mol. The van der Waals surface area contributed by atoms with Gasteiger partial charge >= 0.3 is 5.97 Å². The molecule has 1 saturated heterocycles. The standard InChI is InChI=1S/C20H32N2O3/c1-5-16-14-22(12-11-21(16)13-15(3)4)19(20(23)24)17-9-7-8-10-18(17)25-6-2/h7-10,15-16,19H,5-6,11-14H2,1-4H3,(H,23,24). The lowest BCUT2D eigenvalue weighted by atomic mass is 10.00. The molecule has 1 aromatic rings. The van der Waals surface area contributed by atoms with Crippen LogP contribution in [0.5, 0.6) is 5.75 Å². The maximum atomic E-state index is 12.1. The van der Waals surface area contributed by atoms with Crippen molar-refractivity contribution < 1.29 is 14.6 Å². The number of hydrogen-bond acceptors (Lipinski definition) is 4. The summed E-state index contributed by atoms with van der Waals surface area (Å²) in [5.41, 5.74) is 0.754. The van der Waals surface area contributed by atoms with Gasteiger partial charge < -0.3 is 9.84 Å². The van der Waals surface area contributed by atoms with Gasteiger partial charge in [-0.05, 0) is 25.3 Å². The third-order valence-corrected chi connectivity index (χ3v) is 4.82. The van der Waals surface area contributed by atoms with Gasteiger partial charge in [-0.15, -0.1) is 0 Å². The van der Waals surface area contributed by atoms with Crippen LogP contribution in [0.3, 0.4) is 0 Å². The third kappa shape index (κ3) is 4.95. The third-order valence-electron chi connectivity index (χ3n) is 4.82. The van der Waals surface area contributed by atoms with Crippen LogP contribution in [0.1, 0.15) is 45.7 Å². The summed E-state index contributed by atoms with van der Waals surface area (Å²) in [6.07, 6.45) is 1.03. The number of benzene rings is 1. The fourth-order valence-corrected chi connectivity index (χ4v) is 3.73. The Hall–Kier alpha value is -1.59. The van der Waals surface area contributed by atoms with Crippen molar-refractivity contribution in [1.82, 2.24) is 9.80 Å². The Bertz CT molecular complexity index is 562. The first kappa shape index (κ1) is 19.7. The summed E-state index contributed by atoms with van der Waals surface area (Å²) in [5.74, 6) is 0.490. The summed E-state index contributed by atoms with van der Waals surface area (Å²) in [7, 11) is 0. The summed E-state index contributed by atoms with van der Waals surface area (Å²) >= 11 is 0. The fourth-order valence-electron chi connectivity index (χ4n) is 3.73. The zero-order valence-electron chi connectivity index (χ0n) is 15.9. The molecule has 0 aliphatic carbocycles. The summed E-state index contributed by atoms with van der Waals surface area (Å²) in [6.45, 7) is 12.6. The number of carboxylic acid groups (broad SMARTS) is 1. The predicted molar refractivity (Wildman–Crippen MR) is 100 cm³/mol. The second-order valence-electron chi connectivity index (χ2n) is 7.16. The van der Waals surface area contributed by atoms with E-state index in [2.05, 4.69) is 30.6 Å². The Morgan fingerprint density at radius 3 is 2.60 bits per heavy atom. The molecule has 1 aliphatic heterocycles. The van der Waals surface area contributed by atoms with E-state index in [0.717, 1.165) is 38.2 Å². The SMILES string of the molecule is CCOc1ccccc1C(C(=O)O)N1CCN(CC(C)C)C(CC)C1. The lowest BCUT2D eigenvalue weighted by Crippen LogP contribution is -2.55. The molecule has 0 aromatic heterocycles. The number of piperazine rings is 1. The second kappa shape index (κ2) is 9.20. The molecule has 1 aliphatic rings. The number of para-hydroxylation sites is 1. The Kier molecular flexibility index (Phi) is 7.26. The summed E-state index contributed by atoms with van der Waals surface area (Å²) in [4.78, 5) is 16.7. The van der Waals surface area contributed by atoms with Gasteiger partial charge in [0.2, 0.25) is 0 Å². The average Bonchev–Trinajstić information content (AvgIpc) is 2.57. The molecule has 1 aromatic carbocycles. The molecule has 2 rings (SSSR count). The quantitative estimate of drug-likeness (QED) is 0.781. The Morgan fingerprint density at radius 1 is 1.28 bits per heavy atom. The maximum absolute atomic E-state index is 12.1. The maximum Gasteiger partial charge on any atom is 0.325 e. The van der Waals surface area contributed by atoms with Gasteiger partial charge in [-0.2, -0.15) is 0 Å². The van der Waals surface area contributed by atoms with Crippen molar-refractivity contribution in [3.63, 3.8) is 0 Å². The molecule has 5 heteroatoms. The van der Waals surface area contributed by atoms with Crippen LogP contribution in [-0.2, 0) is 4.79 Å². The van der Waals surface area contributed by atoms with Gasteiger partial charge in [-0.1, -0.05) is 39.0 Å². The van der Waals surface area contributed by atoms with Crippen LogP contribution in [0.2, 0.25) is 0 Å². The lowest BCUT2D eigenvalue weighted by Gasteiger charge is -2.44. The van der Waals surface area contributed by atoms with Gasteiger partial charge in [0, 0.05) is 37.8 Å². The minimum atomic E-state index is -0.806. The molecule has 25 heavy (non-hydrogen) atoms. The molecule has 2 atom stereocenters. The lowest BCUT2D eigenvalue weighted by molar-refractivity contribution is -0.145.